The van der Waals surface area contributed by atoms with Crippen molar-refractivity contribution in [1.29, 1.82) is 0 Å². The lowest BCUT2D eigenvalue weighted by Crippen LogP contribution is -2.49. The standard InChI is InChI=1S/C19H26N4O2/c1-3-19(18(20)24)8-5-9-23(13-19)12-15-11-21-22-17(15)14-6-4-7-16(10-14)25-2/h4,6-7,10-11H,3,5,8-9,12-13H2,1-2H3,(H2,20,24)(H,21,22). The van der Waals surface area contributed by atoms with E-state index in [9.17, 15) is 4.79 Å². The number of hydrogen-bond acceptors (Lipinski definition) is 4. The molecule has 3 rings (SSSR count). The number of piperidine rings is 1. The lowest BCUT2D eigenvalue weighted by molar-refractivity contribution is -0.131. The first-order valence-corrected chi connectivity index (χ1v) is 8.77. The number of nitrogens with zero attached hydrogens (tertiary/aromatic N) is 2. The average molecular weight is 342 g/mol. The zero-order valence-corrected chi connectivity index (χ0v) is 14.9. The van der Waals surface area contributed by atoms with Gasteiger partial charge >= 0.3 is 0 Å². The first-order chi connectivity index (χ1) is 12.1. The number of ether oxygens (including phenoxy) is 1. The molecule has 25 heavy (non-hydrogen) atoms. The molecule has 1 amide bonds. The number of primary amides is 1. The van der Waals surface area contributed by atoms with Crippen LogP contribution >= 0.6 is 0 Å². The average Bonchev–Trinajstić information content (AvgIpc) is 3.09. The molecule has 1 unspecified atom stereocenters. The van der Waals surface area contributed by atoms with Gasteiger partial charge in [0.25, 0.3) is 0 Å². The maximum atomic E-state index is 12.0. The molecule has 6 heteroatoms. The second-order valence-corrected chi connectivity index (χ2v) is 6.81. The predicted molar refractivity (Wildman–Crippen MR) is 97.0 cm³/mol. The van der Waals surface area contributed by atoms with Gasteiger partial charge in [-0.05, 0) is 37.9 Å². The highest BCUT2D eigenvalue weighted by Gasteiger charge is 2.39. The van der Waals surface area contributed by atoms with Crippen molar-refractivity contribution in [2.24, 2.45) is 11.1 Å². The van der Waals surface area contributed by atoms with Crippen LogP contribution in [-0.4, -0.2) is 41.2 Å². The molecule has 0 saturated carbocycles. The zero-order chi connectivity index (χ0) is 17.9. The first-order valence-electron chi connectivity index (χ1n) is 8.77. The molecule has 134 valence electrons. The molecular weight excluding hydrogens is 316 g/mol. The lowest BCUT2D eigenvalue weighted by atomic mass is 9.77. The highest BCUT2D eigenvalue weighted by atomic mass is 16.5. The summed E-state index contributed by atoms with van der Waals surface area (Å²) in [6.45, 7) is 4.48. The fourth-order valence-corrected chi connectivity index (χ4v) is 3.73. The maximum Gasteiger partial charge on any atom is 0.224 e. The quantitative estimate of drug-likeness (QED) is 0.845. The summed E-state index contributed by atoms with van der Waals surface area (Å²) in [5.74, 6) is 0.634. The Bertz CT molecular complexity index is 743. The van der Waals surface area contributed by atoms with E-state index < -0.39 is 5.41 Å². The van der Waals surface area contributed by atoms with Crippen LogP contribution in [0.25, 0.3) is 11.3 Å². The molecule has 6 nitrogen and oxygen atoms in total. The minimum Gasteiger partial charge on any atom is -0.497 e. The van der Waals surface area contributed by atoms with Crippen LogP contribution in [0.5, 0.6) is 5.75 Å². The second-order valence-electron chi connectivity index (χ2n) is 6.81. The Kier molecular flexibility index (Phi) is 5.08. The monoisotopic (exact) mass is 342 g/mol. The van der Waals surface area contributed by atoms with Crippen molar-refractivity contribution in [3.8, 4) is 17.0 Å². The number of carbonyl (C=O) groups is 1. The number of nitrogens with one attached hydrogen (secondary N) is 1. The van der Waals surface area contributed by atoms with Gasteiger partial charge in [-0.25, -0.2) is 0 Å². The Morgan fingerprint density at radius 3 is 3.04 bits per heavy atom. The van der Waals surface area contributed by atoms with Gasteiger partial charge in [0, 0.05) is 24.2 Å². The smallest absolute Gasteiger partial charge is 0.224 e. The molecule has 1 saturated heterocycles. The third-order valence-electron chi connectivity index (χ3n) is 5.33. The van der Waals surface area contributed by atoms with Gasteiger partial charge in [-0.2, -0.15) is 5.10 Å². The molecular formula is C19H26N4O2. The molecule has 0 spiro atoms. The molecule has 1 atom stereocenters. The van der Waals surface area contributed by atoms with Crippen molar-refractivity contribution in [1.82, 2.24) is 15.1 Å². The van der Waals surface area contributed by atoms with Crippen LogP contribution in [0.2, 0.25) is 0 Å². The van der Waals surface area contributed by atoms with Crippen molar-refractivity contribution >= 4 is 5.91 Å². The van der Waals surface area contributed by atoms with Crippen LogP contribution in [0.4, 0.5) is 0 Å². The summed E-state index contributed by atoms with van der Waals surface area (Å²) >= 11 is 0. The lowest BCUT2D eigenvalue weighted by Gasteiger charge is -2.40. The van der Waals surface area contributed by atoms with Gasteiger partial charge in [0.05, 0.1) is 24.4 Å². The van der Waals surface area contributed by atoms with Gasteiger partial charge in [-0.15, -0.1) is 0 Å². The van der Waals surface area contributed by atoms with E-state index in [4.69, 9.17) is 10.5 Å². The van der Waals surface area contributed by atoms with Gasteiger partial charge in [0.1, 0.15) is 5.75 Å². The number of hydrogen-bond donors (Lipinski definition) is 2. The number of H-pyrrole nitrogens is 1. The fourth-order valence-electron chi connectivity index (χ4n) is 3.73. The minimum absolute atomic E-state index is 0.181. The molecule has 0 radical (unpaired) electrons. The number of benzene rings is 1. The topological polar surface area (TPSA) is 84.2 Å². The van der Waals surface area contributed by atoms with E-state index in [-0.39, 0.29) is 5.91 Å². The van der Waals surface area contributed by atoms with Gasteiger partial charge < -0.3 is 10.5 Å². The Hall–Kier alpha value is -2.34. The van der Waals surface area contributed by atoms with Gasteiger partial charge in [0.2, 0.25) is 5.91 Å². The Morgan fingerprint density at radius 2 is 2.32 bits per heavy atom. The van der Waals surface area contributed by atoms with Crippen molar-refractivity contribution < 1.29 is 9.53 Å². The maximum absolute atomic E-state index is 12.0. The van der Waals surface area contributed by atoms with Crippen molar-refractivity contribution in [3.63, 3.8) is 0 Å². The molecule has 0 bridgehead atoms. The summed E-state index contributed by atoms with van der Waals surface area (Å²) in [5.41, 5.74) is 8.45. The van der Waals surface area contributed by atoms with Crippen LogP contribution in [0.15, 0.2) is 30.5 Å². The zero-order valence-electron chi connectivity index (χ0n) is 14.9. The summed E-state index contributed by atoms with van der Waals surface area (Å²) in [7, 11) is 1.66. The summed E-state index contributed by atoms with van der Waals surface area (Å²) in [6.07, 6.45) is 4.51. The Labute approximate surface area is 148 Å². The van der Waals surface area contributed by atoms with Gasteiger partial charge in [0.15, 0.2) is 0 Å². The van der Waals surface area contributed by atoms with Crippen LogP contribution < -0.4 is 10.5 Å². The number of rotatable bonds is 6. The van der Waals surface area contributed by atoms with Crippen molar-refractivity contribution in [2.75, 3.05) is 20.2 Å². The summed E-state index contributed by atoms with van der Waals surface area (Å²) in [4.78, 5) is 14.3. The third kappa shape index (κ3) is 3.54. The Balaban J connectivity index is 1.80. The van der Waals surface area contributed by atoms with E-state index in [1.54, 1.807) is 7.11 Å². The number of carbonyl (C=O) groups excluding carboxylic acids is 1. The largest absolute Gasteiger partial charge is 0.497 e. The van der Waals surface area contributed by atoms with E-state index in [2.05, 4.69) is 15.1 Å². The van der Waals surface area contributed by atoms with Crippen molar-refractivity contribution in [3.05, 3.63) is 36.0 Å². The molecule has 2 heterocycles. The molecule has 1 aliphatic heterocycles. The molecule has 1 aromatic carbocycles. The van der Waals surface area contributed by atoms with Crippen LogP contribution in [0.1, 0.15) is 31.7 Å². The number of aromatic nitrogens is 2. The number of nitrogens with two attached hydrogens (primary N) is 1. The summed E-state index contributed by atoms with van der Waals surface area (Å²) in [5, 5.41) is 7.32. The highest BCUT2D eigenvalue weighted by Crippen LogP contribution is 2.34. The Morgan fingerprint density at radius 1 is 1.48 bits per heavy atom. The fraction of sp³-hybridized carbons (Fsp3) is 0.474. The number of amides is 1. The molecule has 3 N–H and O–H groups in total. The molecule has 1 fully saturated rings. The van der Waals surface area contributed by atoms with Crippen LogP contribution in [-0.2, 0) is 11.3 Å². The highest BCUT2D eigenvalue weighted by molar-refractivity contribution is 5.81. The van der Waals surface area contributed by atoms with E-state index in [0.29, 0.717) is 6.54 Å². The van der Waals surface area contributed by atoms with Crippen molar-refractivity contribution in [2.45, 2.75) is 32.7 Å². The van der Waals surface area contributed by atoms with E-state index in [1.165, 1.54) is 0 Å². The normalized spacial score (nSPS) is 21.2. The molecule has 2 aromatic rings. The van der Waals surface area contributed by atoms with E-state index in [1.807, 2.05) is 37.4 Å². The van der Waals surface area contributed by atoms with Crippen LogP contribution in [0, 0.1) is 5.41 Å². The number of aromatic amines is 1. The number of likely N-dealkylation sites (tertiary alicyclic amines) is 1. The summed E-state index contributed by atoms with van der Waals surface area (Å²) in [6, 6.07) is 7.92. The van der Waals surface area contributed by atoms with Gasteiger partial charge in [-0.3, -0.25) is 14.8 Å². The SMILES string of the molecule is CCC1(C(N)=O)CCCN(Cc2cn[nH]c2-c2cccc(OC)c2)C1. The third-order valence-corrected chi connectivity index (χ3v) is 5.33. The minimum atomic E-state index is -0.405. The van der Waals surface area contributed by atoms with Crippen LogP contribution in [0.3, 0.4) is 0 Å². The predicted octanol–water partition coefficient (Wildman–Crippen LogP) is 2.56. The molecule has 1 aliphatic rings. The molecule has 1 aromatic heterocycles. The summed E-state index contributed by atoms with van der Waals surface area (Å²) < 4.78 is 5.31. The first kappa shape index (κ1) is 17.5. The van der Waals surface area contributed by atoms with E-state index >= 15 is 0 Å². The van der Waals surface area contributed by atoms with Gasteiger partial charge in [-0.1, -0.05) is 19.1 Å². The van der Waals surface area contributed by atoms with E-state index in [0.717, 1.165) is 54.9 Å². The molecule has 0 aliphatic carbocycles. The number of methoxy groups -OCH3 is 1. The second kappa shape index (κ2) is 7.27.